The Morgan fingerprint density at radius 2 is 1.30 bits per heavy atom. The van der Waals surface area contributed by atoms with E-state index in [2.05, 4.69) is 9.97 Å². The Kier molecular flexibility index (Phi) is 2.43. The minimum absolute atomic E-state index is 0.285. The number of pyridine rings is 2. The molecule has 1 fully saturated rings. The maximum absolute atomic E-state index is 13.3. The van der Waals surface area contributed by atoms with Gasteiger partial charge in [-0.05, 0) is 18.6 Å². The number of halogens is 2. The first kappa shape index (κ1) is 12.8. The van der Waals surface area contributed by atoms with Crippen LogP contribution in [0.15, 0.2) is 49.1 Å². The smallest absolute Gasteiger partial charge is 0.139 e. The molecule has 2 atom stereocenters. The number of aromatic nitrogens is 4. The van der Waals surface area contributed by atoms with Crippen LogP contribution in [0, 0.1) is 11.6 Å². The molecule has 0 amide bonds. The van der Waals surface area contributed by atoms with Crippen LogP contribution < -0.4 is 0 Å². The van der Waals surface area contributed by atoms with Crippen molar-refractivity contribution in [1.29, 1.82) is 0 Å². The summed E-state index contributed by atoms with van der Waals surface area (Å²) in [4.78, 5) is 9.02. The molecule has 0 aromatic carbocycles. The highest BCUT2D eigenvalue weighted by Crippen LogP contribution is 2.53. The van der Waals surface area contributed by atoms with Crippen LogP contribution in [0.25, 0.3) is 11.3 Å². The first-order valence-corrected chi connectivity index (χ1v) is 7.46. The van der Waals surface area contributed by atoms with E-state index in [1.807, 2.05) is 21.2 Å². The molecule has 4 nitrogen and oxygen atoms in total. The van der Waals surface area contributed by atoms with Gasteiger partial charge in [-0.15, -0.1) is 0 Å². The van der Waals surface area contributed by atoms with Crippen molar-refractivity contribution in [3.8, 4) is 0 Å². The van der Waals surface area contributed by atoms with Gasteiger partial charge in [-0.25, -0.2) is 18.7 Å². The predicted octanol–water partition coefficient (Wildman–Crippen LogP) is 3.53. The number of hydrogen-bond acceptors (Lipinski definition) is 2. The lowest BCUT2D eigenvalue weighted by molar-refractivity contribution is 0.626. The van der Waals surface area contributed by atoms with Crippen molar-refractivity contribution in [2.24, 2.45) is 0 Å². The predicted molar refractivity (Wildman–Crippen MR) is 80.4 cm³/mol. The van der Waals surface area contributed by atoms with Crippen LogP contribution in [-0.4, -0.2) is 18.8 Å². The second-order valence-electron chi connectivity index (χ2n) is 6.00. The molecule has 4 aromatic rings. The summed E-state index contributed by atoms with van der Waals surface area (Å²) in [5.74, 6) is -0.00538. The third-order valence-corrected chi connectivity index (χ3v) is 4.43. The maximum Gasteiger partial charge on any atom is 0.139 e. The van der Waals surface area contributed by atoms with Crippen molar-refractivity contribution >= 4 is 11.3 Å². The van der Waals surface area contributed by atoms with Gasteiger partial charge in [0.2, 0.25) is 0 Å². The standard InChI is InChI=1S/C17H12F2N4/c18-10-1-3-22-8-14(20-16(22)5-10)12-7-13(12)15-9-23-4-2-11(19)6-17(23)21-15/h1-6,8-9,12-13H,7H2. The highest BCUT2D eigenvalue weighted by molar-refractivity contribution is 5.45. The second-order valence-corrected chi connectivity index (χ2v) is 6.00. The van der Waals surface area contributed by atoms with Crippen LogP contribution in [0.1, 0.15) is 29.6 Å². The van der Waals surface area contributed by atoms with E-state index in [0.717, 1.165) is 17.8 Å². The molecule has 0 bridgehead atoms. The zero-order valence-corrected chi connectivity index (χ0v) is 12.0. The maximum atomic E-state index is 13.3. The molecule has 23 heavy (non-hydrogen) atoms. The van der Waals surface area contributed by atoms with Crippen LogP contribution in [0.4, 0.5) is 8.78 Å². The molecule has 4 heterocycles. The van der Waals surface area contributed by atoms with Crippen molar-refractivity contribution in [3.05, 3.63) is 72.1 Å². The van der Waals surface area contributed by atoms with Crippen molar-refractivity contribution in [2.75, 3.05) is 0 Å². The van der Waals surface area contributed by atoms with E-state index < -0.39 is 0 Å². The number of hydrogen-bond donors (Lipinski definition) is 0. The van der Waals surface area contributed by atoms with Crippen molar-refractivity contribution in [1.82, 2.24) is 18.8 Å². The van der Waals surface area contributed by atoms with Gasteiger partial charge in [0.1, 0.15) is 22.9 Å². The molecule has 1 saturated carbocycles. The van der Waals surface area contributed by atoms with Gasteiger partial charge in [0, 0.05) is 48.8 Å². The first-order chi connectivity index (χ1) is 11.2. The van der Waals surface area contributed by atoms with Gasteiger partial charge in [0.25, 0.3) is 0 Å². The Morgan fingerprint density at radius 1 is 0.826 bits per heavy atom. The fraction of sp³-hybridized carbons (Fsp3) is 0.176. The molecule has 1 aliphatic carbocycles. The quantitative estimate of drug-likeness (QED) is 0.567. The molecule has 0 aliphatic heterocycles. The van der Waals surface area contributed by atoms with E-state index in [1.165, 1.54) is 24.3 Å². The fourth-order valence-electron chi connectivity index (χ4n) is 3.16. The Hall–Kier alpha value is -2.76. The van der Waals surface area contributed by atoms with Crippen molar-refractivity contribution < 1.29 is 8.78 Å². The molecule has 5 rings (SSSR count). The third-order valence-electron chi connectivity index (χ3n) is 4.43. The summed E-state index contributed by atoms with van der Waals surface area (Å²) in [5, 5.41) is 0. The number of rotatable bonds is 2. The topological polar surface area (TPSA) is 34.6 Å². The summed E-state index contributed by atoms with van der Waals surface area (Å²) in [7, 11) is 0. The minimum atomic E-state index is -0.288. The summed E-state index contributed by atoms with van der Waals surface area (Å²) in [5.41, 5.74) is 3.12. The van der Waals surface area contributed by atoms with E-state index in [9.17, 15) is 8.78 Å². The molecular weight excluding hydrogens is 298 g/mol. The molecule has 0 saturated heterocycles. The second kappa shape index (κ2) is 4.38. The SMILES string of the molecule is Fc1ccn2cc(C3CC3c3cn4ccc(F)cc4n3)nc2c1. The number of nitrogens with zero attached hydrogens (tertiary/aromatic N) is 4. The lowest BCUT2D eigenvalue weighted by Crippen LogP contribution is -1.84. The molecule has 6 heteroatoms. The average molecular weight is 310 g/mol. The van der Waals surface area contributed by atoms with Gasteiger partial charge in [-0.1, -0.05) is 0 Å². The fourth-order valence-corrected chi connectivity index (χ4v) is 3.16. The molecule has 4 aromatic heterocycles. The van der Waals surface area contributed by atoms with E-state index in [-0.39, 0.29) is 23.5 Å². The average Bonchev–Trinajstić information content (AvgIpc) is 3.04. The van der Waals surface area contributed by atoms with E-state index >= 15 is 0 Å². The largest absolute Gasteiger partial charge is 0.307 e. The summed E-state index contributed by atoms with van der Waals surface area (Å²) in [6, 6.07) is 5.68. The van der Waals surface area contributed by atoms with Gasteiger partial charge in [-0.2, -0.15) is 0 Å². The normalized spacial score (nSPS) is 20.4. The van der Waals surface area contributed by atoms with Gasteiger partial charge in [0.15, 0.2) is 0 Å². The van der Waals surface area contributed by atoms with Gasteiger partial charge in [0.05, 0.1) is 11.4 Å². The molecule has 2 unspecified atom stereocenters. The summed E-state index contributed by atoms with van der Waals surface area (Å²) < 4.78 is 30.2. The monoisotopic (exact) mass is 310 g/mol. The molecule has 1 aliphatic rings. The van der Waals surface area contributed by atoms with Gasteiger partial charge >= 0.3 is 0 Å². The van der Waals surface area contributed by atoms with Crippen molar-refractivity contribution in [2.45, 2.75) is 18.3 Å². The summed E-state index contributed by atoms with van der Waals surface area (Å²) in [6.45, 7) is 0. The van der Waals surface area contributed by atoms with E-state index in [1.54, 1.807) is 12.4 Å². The van der Waals surface area contributed by atoms with E-state index in [0.29, 0.717) is 11.3 Å². The van der Waals surface area contributed by atoms with Crippen LogP contribution >= 0.6 is 0 Å². The van der Waals surface area contributed by atoms with Crippen LogP contribution in [0.2, 0.25) is 0 Å². The third kappa shape index (κ3) is 2.02. The van der Waals surface area contributed by atoms with Crippen LogP contribution in [0.5, 0.6) is 0 Å². The Morgan fingerprint density at radius 3 is 1.78 bits per heavy atom. The highest BCUT2D eigenvalue weighted by atomic mass is 19.1. The Labute approximate surface area is 130 Å². The summed E-state index contributed by atoms with van der Waals surface area (Å²) in [6.07, 6.45) is 8.18. The lowest BCUT2D eigenvalue weighted by atomic mass is 10.2. The van der Waals surface area contributed by atoms with Gasteiger partial charge < -0.3 is 8.80 Å². The van der Waals surface area contributed by atoms with Crippen molar-refractivity contribution in [3.63, 3.8) is 0 Å². The minimum Gasteiger partial charge on any atom is -0.307 e. The Bertz CT molecular complexity index is 965. The van der Waals surface area contributed by atoms with Crippen LogP contribution in [0.3, 0.4) is 0 Å². The molecule has 0 spiro atoms. The molecule has 0 N–H and O–H groups in total. The molecule has 114 valence electrons. The zero-order valence-electron chi connectivity index (χ0n) is 12.0. The lowest BCUT2D eigenvalue weighted by Gasteiger charge is -1.91. The summed E-state index contributed by atoms with van der Waals surface area (Å²) >= 11 is 0. The number of imidazole rings is 2. The Balaban J connectivity index is 1.48. The molecular formula is C17H12F2N4. The number of fused-ring (bicyclic) bond motifs is 2. The molecule has 0 radical (unpaired) electrons. The van der Waals surface area contributed by atoms with Crippen LogP contribution in [-0.2, 0) is 0 Å². The van der Waals surface area contributed by atoms with Gasteiger partial charge in [-0.3, -0.25) is 0 Å². The zero-order chi connectivity index (χ0) is 15.6. The first-order valence-electron chi connectivity index (χ1n) is 7.46. The highest BCUT2D eigenvalue weighted by Gasteiger charge is 2.42. The van der Waals surface area contributed by atoms with E-state index in [4.69, 9.17) is 0 Å².